The van der Waals surface area contributed by atoms with Crippen molar-refractivity contribution in [3.05, 3.63) is 35.4 Å². The third kappa shape index (κ3) is 4.47. The van der Waals surface area contributed by atoms with Crippen LogP contribution < -0.4 is 5.32 Å². The van der Waals surface area contributed by atoms with Crippen LogP contribution in [0.15, 0.2) is 24.3 Å². The number of hydrogen-bond acceptors (Lipinski definition) is 2. The fourth-order valence-electron chi connectivity index (χ4n) is 2.47. The third-order valence-corrected chi connectivity index (χ3v) is 4.24. The molecule has 0 atom stereocenters. The van der Waals surface area contributed by atoms with Gasteiger partial charge in [-0.3, -0.25) is 4.79 Å². The van der Waals surface area contributed by atoms with Gasteiger partial charge in [-0.1, -0.05) is 26.0 Å². The number of nitrogens with one attached hydrogen (secondary N) is 1. The lowest BCUT2D eigenvalue weighted by Crippen LogP contribution is -2.38. The van der Waals surface area contributed by atoms with E-state index in [0.717, 1.165) is 18.9 Å². The molecule has 0 aliphatic rings. The molecular weight excluding hydrogens is 295 g/mol. The van der Waals surface area contributed by atoms with Crippen LogP contribution in [-0.4, -0.2) is 24.2 Å². The van der Waals surface area contributed by atoms with Gasteiger partial charge < -0.3 is 10.4 Å². The summed E-state index contributed by atoms with van der Waals surface area (Å²) in [5.74, 6) is -0.739. The zero-order valence-corrected chi connectivity index (χ0v) is 12.8. The fraction of sp³-hybridized carbons (Fsp3) is 0.562. The van der Waals surface area contributed by atoms with Crippen molar-refractivity contribution in [1.82, 2.24) is 5.32 Å². The fourth-order valence-corrected chi connectivity index (χ4v) is 2.47. The van der Waals surface area contributed by atoms with Crippen LogP contribution in [0, 0.1) is 5.41 Å². The van der Waals surface area contributed by atoms with E-state index in [9.17, 15) is 18.0 Å². The second-order valence-electron chi connectivity index (χ2n) is 5.41. The van der Waals surface area contributed by atoms with Gasteiger partial charge in [-0.05, 0) is 36.8 Å². The van der Waals surface area contributed by atoms with Crippen molar-refractivity contribution < 1.29 is 23.1 Å². The molecule has 124 valence electrons. The van der Waals surface area contributed by atoms with Gasteiger partial charge in [-0.25, -0.2) is 0 Å². The van der Waals surface area contributed by atoms with Gasteiger partial charge in [0.1, 0.15) is 0 Å². The average Bonchev–Trinajstić information content (AvgIpc) is 2.50. The van der Waals surface area contributed by atoms with Gasteiger partial charge >= 0.3 is 6.18 Å². The molecule has 1 rings (SSSR count). The quantitative estimate of drug-likeness (QED) is 0.807. The lowest BCUT2D eigenvalue weighted by atomic mass is 9.79. The summed E-state index contributed by atoms with van der Waals surface area (Å²) in [6, 6.07) is 4.73. The first-order valence-corrected chi connectivity index (χ1v) is 7.35. The van der Waals surface area contributed by atoms with Crippen LogP contribution in [-0.2, 0) is 6.18 Å². The summed E-state index contributed by atoms with van der Waals surface area (Å²) >= 11 is 0. The first-order chi connectivity index (χ1) is 10.3. The number of rotatable bonds is 7. The summed E-state index contributed by atoms with van der Waals surface area (Å²) in [5.41, 5.74) is -1.61. The zero-order valence-electron chi connectivity index (χ0n) is 12.8. The van der Waals surface area contributed by atoms with Crippen LogP contribution in [0.2, 0.25) is 0 Å². The van der Waals surface area contributed by atoms with E-state index in [-0.39, 0.29) is 24.1 Å². The minimum atomic E-state index is -4.56. The number of benzene rings is 1. The maximum atomic E-state index is 12.9. The normalized spacial score (nSPS) is 12.3. The predicted molar refractivity (Wildman–Crippen MR) is 78.5 cm³/mol. The van der Waals surface area contributed by atoms with Gasteiger partial charge in [0.05, 0.1) is 11.1 Å². The number of hydrogen-bond donors (Lipinski definition) is 2. The number of aliphatic hydroxyl groups is 1. The van der Waals surface area contributed by atoms with Crippen LogP contribution >= 0.6 is 0 Å². The Labute approximate surface area is 128 Å². The highest BCUT2D eigenvalue weighted by atomic mass is 19.4. The number of aliphatic hydroxyl groups excluding tert-OH is 1. The average molecular weight is 317 g/mol. The molecule has 1 amide bonds. The lowest BCUT2D eigenvalue weighted by molar-refractivity contribution is -0.137. The Bertz CT molecular complexity index is 496. The van der Waals surface area contributed by atoms with Gasteiger partial charge in [0, 0.05) is 13.2 Å². The molecule has 0 fully saturated rings. The molecule has 0 bridgehead atoms. The molecule has 1 aromatic carbocycles. The molecule has 6 heteroatoms. The van der Waals surface area contributed by atoms with Crippen LogP contribution in [0.5, 0.6) is 0 Å². The summed E-state index contributed by atoms with van der Waals surface area (Å²) in [5, 5.41) is 11.7. The molecule has 2 N–H and O–H groups in total. The van der Waals surface area contributed by atoms with E-state index in [1.54, 1.807) is 0 Å². The smallest absolute Gasteiger partial charge is 0.396 e. The van der Waals surface area contributed by atoms with Crippen molar-refractivity contribution in [2.45, 2.75) is 39.3 Å². The van der Waals surface area contributed by atoms with Crippen LogP contribution in [0.3, 0.4) is 0 Å². The molecule has 0 aliphatic carbocycles. The van der Waals surface area contributed by atoms with Crippen molar-refractivity contribution in [2.24, 2.45) is 5.41 Å². The summed E-state index contributed by atoms with van der Waals surface area (Å²) in [6.07, 6.45) is -2.61. The standard InChI is InChI=1S/C16H22F3NO2/c1-3-15(4-2,9-10-21)11-20-14(22)12-7-5-6-8-13(12)16(17,18)19/h5-8,21H,3-4,9-11H2,1-2H3,(H,20,22). The Morgan fingerprint density at radius 3 is 2.27 bits per heavy atom. The van der Waals surface area contributed by atoms with Crippen LogP contribution in [0.4, 0.5) is 13.2 Å². The van der Waals surface area contributed by atoms with E-state index in [2.05, 4.69) is 5.32 Å². The van der Waals surface area contributed by atoms with E-state index >= 15 is 0 Å². The minimum absolute atomic E-state index is 0.0172. The summed E-state index contributed by atoms with van der Waals surface area (Å²) in [7, 11) is 0. The Balaban J connectivity index is 2.90. The second kappa shape index (κ2) is 7.63. The van der Waals surface area contributed by atoms with Crippen LogP contribution in [0.1, 0.15) is 49.0 Å². The number of carbonyl (C=O) groups excluding carboxylic acids is 1. The molecule has 3 nitrogen and oxygen atoms in total. The Kier molecular flexibility index (Phi) is 6.41. The van der Waals surface area contributed by atoms with E-state index in [4.69, 9.17) is 5.11 Å². The Hall–Kier alpha value is -1.56. The maximum absolute atomic E-state index is 12.9. The number of alkyl halides is 3. The van der Waals surface area contributed by atoms with E-state index in [0.29, 0.717) is 6.42 Å². The molecule has 0 aliphatic heterocycles. The van der Waals surface area contributed by atoms with Gasteiger partial charge in [-0.15, -0.1) is 0 Å². The predicted octanol–water partition coefficient (Wildman–Crippen LogP) is 3.62. The van der Waals surface area contributed by atoms with Crippen molar-refractivity contribution >= 4 is 5.91 Å². The molecule has 0 saturated carbocycles. The van der Waals surface area contributed by atoms with Gasteiger partial charge in [-0.2, -0.15) is 13.2 Å². The van der Waals surface area contributed by atoms with E-state index in [1.165, 1.54) is 18.2 Å². The highest BCUT2D eigenvalue weighted by molar-refractivity contribution is 5.95. The molecule has 1 aromatic rings. The van der Waals surface area contributed by atoms with E-state index in [1.807, 2.05) is 13.8 Å². The summed E-state index contributed by atoms with van der Waals surface area (Å²) in [4.78, 5) is 12.1. The molecule has 0 aromatic heterocycles. The summed E-state index contributed by atoms with van der Waals surface area (Å²) in [6.45, 7) is 4.10. The first-order valence-electron chi connectivity index (χ1n) is 7.35. The number of carbonyl (C=O) groups is 1. The van der Waals surface area contributed by atoms with Crippen molar-refractivity contribution in [3.8, 4) is 0 Å². The second-order valence-corrected chi connectivity index (χ2v) is 5.41. The molecule has 0 saturated heterocycles. The van der Waals surface area contributed by atoms with E-state index < -0.39 is 17.6 Å². The monoisotopic (exact) mass is 317 g/mol. The molecule has 22 heavy (non-hydrogen) atoms. The molecule has 0 radical (unpaired) electrons. The maximum Gasteiger partial charge on any atom is 0.417 e. The van der Waals surface area contributed by atoms with Gasteiger partial charge in [0.2, 0.25) is 0 Å². The molecule has 0 unspecified atom stereocenters. The molecular formula is C16H22F3NO2. The molecule has 0 spiro atoms. The highest BCUT2D eigenvalue weighted by Gasteiger charge is 2.35. The highest BCUT2D eigenvalue weighted by Crippen LogP contribution is 2.32. The SMILES string of the molecule is CCC(CC)(CCO)CNC(=O)c1ccccc1C(F)(F)F. The number of halogens is 3. The van der Waals surface area contributed by atoms with Crippen molar-refractivity contribution in [3.63, 3.8) is 0 Å². The van der Waals surface area contributed by atoms with Crippen molar-refractivity contribution in [2.75, 3.05) is 13.2 Å². The topological polar surface area (TPSA) is 49.3 Å². The summed E-state index contributed by atoms with van der Waals surface area (Å²) < 4.78 is 38.8. The van der Waals surface area contributed by atoms with Crippen molar-refractivity contribution in [1.29, 1.82) is 0 Å². The largest absolute Gasteiger partial charge is 0.417 e. The minimum Gasteiger partial charge on any atom is -0.396 e. The zero-order chi connectivity index (χ0) is 16.8. The third-order valence-electron chi connectivity index (χ3n) is 4.24. The Morgan fingerprint density at radius 2 is 1.77 bits per heavy atom. The molecule has 0 heterocycles. The Morgan fingerprint density at radius 1 is 1.18 bits per heavy atom. The van der Waals surface area contributed by atoms with Gasteiger partial charge in [0.25, 0.3) is 5.91 Å². The number of amides is 1. The van der Waals surface area contributed by atoms with Gasteiger partial charge in [0.15, 0.2) is 0 Å². The van der Waals surface area contributed by atoms with Crippen LogP contribution in [0.25, 0.3) is 0 Å². The first kappa shape index (κ1) is 18.5. The lowest BCUT2D eigenvalue weighted by Gasteiger charge is -2.31.